The average molecular weight is 457 g/mol. The number of aryl methyl sites for hydroxylation is 1. The Bertz CT molecular complexity index is 1250. The van der Waals surface area contributed by atoms with Crippen LogP contribution in [0.4, 0.5) is 5.82 Å². The van der Waals surface area contributed by atoms with Gasteiger partial charge >= 0.3 is 0 Å². The number of ether oxygens (including phenoxy) is 1. The molecule has 0 bridgehead atoms. The maximum absolute atomic E-state index is 12.7. The molecule has 5 rings (SSSR count). The molecule has 1 amide bonds. The number of amides is 1. The highest BCUT2D eigenvalue weighted by Gasteiger charge is 2.25. The molecule has 4 aromatic rings. The molecule has 0 atom stereocenters. The summed E-state index contributed by atoms with van der Waals surface area (Å²) in [5.41, 5.74) is 1.79. The predicted octanol–water partition coefficient (Wildman–Crippen LogP) is 3.50. The van der Waals surface area contributed by atoms with E-state index in [2.05, 4.69) is 16.9 Å². The molecule has 8 nitrogen and oxygen atoms in total. The van der Waals surface area contributed by atoms with Gasteiger partial charge in [0.25, 0.3) is 5.91 Å². The first kappa shape index (κ1) is 21.9. The predicted molar refractivity (Wildman–Crippen MR) is 131 cm³/mol. The van der Waals surface area contributed by atoms with Gasteiger partial charge in [0.15, 0.2) is 12.3 Å². The van der Waals surface area contributed by atoms with Crippen LogP contribution < -0.4 is 9.64 Å². The zero-order chi connectivity index (χ0) is 23.3. The van der Waals surface area contributed by atoms with E-state index in [9.17, 15) is 4.79 Å². The molecule has 0 N–H and O–H groups in total. The summed E-state index contributed by atoms with van der Waals surface area (Å²) in [6, 6.07) is 19.5. The number of hydrogen-bond acceptors (Lipinski definition) is 6. The van der Waals surface area contributed by atoms with Crippen LogP contribution in [0.15, 0.2) is 66.9 Å². The van der Waals surface area contributed by atoms with Crippen molar-refractivity contribution in [3.63, 3.8) is 0 Å². The summed E-state index contributed by atoms with van der Waals surface area (Å²) in [7, 11) is 0. The van der Waals surface area contributed by atoms with Crippen molar-refractivity contribution >= 4 is 22.8 Å². The van der Waals surface area contributed by atoms with E-state index in [1.54, 1.807) is 0 Å². The Morgan fingerprint density at radius 3 is 2.35 bits per heavy atom. The zero-order valence-electron chi connectivity index (χ0n) is 19.3. The van der Waals surface area contributed by atoms with Crippen molar-refractivity contribution in [3.8, 4) is 11.4 Å². The highest BCUT2D eigenvalue weighted by atomic mass is 16.5. The summed E-state index contributed by atoms with van der Waals surface area (Å²) in [6.07, 6.45) is 3.62. The number of rotatable bonds is 7. The Balaban J connectivity index is 1.33. The molecule has 0 spiro atoms. The number of aromatic nitrogens is 4. The summed E-state index contributed by atoms with van der Waals surface area (Å²) in [5, 5.41) is 5.55. The molecule has 1 saturated heterocycles. The van der Waals surface area contributed by atoms with Gasteiger partial charge in [0.1, 0.15) is 17.4 Å². The molecule has 0 radical (unpaired) electrons. The highest BCUT2D eigenvalue weighted by Crippen LogP contribution is 2.27. The van der Waals surface area contributed by atoms with Crippen molar-refractivity contribution in [2.24, 2.45) is 0 Å². The summed E-state index contributed by atoms with van der Waals surface area (Å²) in [5.74, 6) is 2.41. The van der Waals surface area contributed by atoms with Crippen molar-refractivity contribution in [3.05, 3.63) is 72.7 Å². The monoisotopic (exact) mass is 456 g/mol. The van der Waals surface area contributed by atoms with Crippen LogP contribution in [0.3, 0.4) is 0 Å². The molecule has 1 fully saturated rings. The molecule has 1 aliphatic heterocycles. The molecule has 34 heavy (non-hydrogen) atoms. The van der Waals surface area contributed by atoms with Gasteiger partial charge in [-0.25, -0.2) is 14.6 Å². The van der Waals surface area contributed by atoms with E-state index in [1.807, 2.05) is 76.4 Å². The Kier molecular flexibility index (Phi) is 6.38. The fourth-order valence-electron chi connectivity index (χ4n) is 4.19. The average Bonchev–Trinajstić information content (AvgIpc) is 3.32. The fraction of sp³-hybridized carbons (Fsp3) is 0.308. The number of carbonyl (C=O) groups is 1. The molecule has 0 saturated carbocycles. The Hall–Kier alpha value is -3.94. The number of benzene rings is 2. The minimum atomic E-state index is -0.0000864. The summed E-state index contributed by atoms with van der Waals surface area (Å²) >= 11 is 0. The minimum absolute atomic E-state index is 0.0000864. The second-order valence-corrected chi connectivity index (χ2v) is 8.31. The Labute approximate surface area is 198 Å². The van der Waals surface area contributed by atoms with Crippen molar-refractivity contribution in [2.45, 2.75) is 19.8 Å². The van der Waals surface area contributed by atoms with Crippen LogP contribution in [0.1, 0.15) is 19.2 Å². The van der Waals surface area contributed by atoms with E-state index in [0.29, 0.717) is 31.9 Å². The molecule has 0 unspecified atom stereocenters. The lowest BCUT2D eigenvalue weighted by molar-refractivity contribution is -0.133. The summed E-state index contributed by atoms with van der Waals surface area (Å²) in [6.45, 7) is 4.82. The van der Waals surface area contributed by atoms with E-state index in [-0.39, 0.29) is 12.5 Å². The number of nitrogens with zero attached hydrogens (tertiary/aromatic N) is 6. The van der Waals surface area contributed by atoms with Crippen LogP contribution in [0, 0.1) is 0 Å². The van der Waals surface area contributed by atoms with E-state index in [0.717, 1.165) is 41.2 Å². The SMILES string of the molecule is CCCc1nc(N2CCN(C(=O)COc3ccccc3)CC2)c2cnn(-c3ccccc3)c2n1. The first-order valence-corrected chi connectivity index (χ1v) is 11.7. The van der Waals surface area contributed by atoms with Crippen LogP contribution in [0.2, 0.25) is 0 Å². The molecule has 3 heterocycles. The molecular weight excluding hydrogens is 428 g/mol. The van der Waals surface area contributed by atoms with E-state index in [4.69, 9.17) is 14.7 Å². The van der Waals surface area contributed by atoms with Crippen LogP contribution in [0.5, 0.6) is 5.75 Å². The Morgan fingerprint density at radius 2 is 1.65 bits per heavy atom. The van der Waals surface area contributed by atoms with Gasteiger partial charge in [-0.2, -0.15) is 5.10 Å². The molecule has 1 aliphatic rings. The number of hydrogen-bond donors (Lipinski definition) is 0. The normalized spacial score (nSPS) is 13.9. The lowest BCUT2D eigenvalue weighted by atomic mass is 10.2. The molecule has 0 aliphatic carbocycles. The van der Waals surface area contributed by atoms with E-state index in [1.165, 1.54) is 0 Å². The Morgan fingerprint density at radius 1 is 0.941 bits per heavy atom. The van der Waals surface area contributed by atoms with Crippen LogP contribution in [-0.2, 0) is 11.2 Å². The van der Waals surface area contributed by atoms with Crippen molar-refractivity contribution in [1.29, 1.82) is 0 Å². The molecule has 2 aromatic carbocycles. The smallest absolute Gasteiger partial charge is 0.260 e. The van der Waals surface area contributed by atoms with E-state index >= 15 is 0 Å². The lowest BCUT2D eigenvalue weighted by Gasteiger charge is -2.35. The van der Waals surface area contributed by atoms with E-state index < -0.39 is 0 Å². The van der Waals surface area contributed by atoms with Gasteiger partial charge in [0, 0.05) is 32.6 Å². The second kappa shape index (κ2) is 9.91. The summed E-state index contributed by atoms with van der Waals surface area (Å²) < 4.78 is 7.52. The topological polar surface area (TPSA) is 76.4 Å². The fourth-order valence-corrected chi connectivity index (χ4v) is 4.19. The van der Waals surface area contributed by atoms with Crippen molar-refractivity contribution < 1.29 is 9.53 Å². The van der Waals surface area contributed by atoms with Gasteiger partial charge in [0.05, 0.1) is 17.3 Å². The van der Waals surface area contributed by atoms with Gasteiger partial charge in [-0.1, -0.05) is 43.3 Å². The first-order valence-electron chi connectivity index (χ1n) is 11.7. The van der Waals surface area contributed by atoms with Gasteiger partial charge in [0.2, 0.25) is 0 Å². The zero-order valence-corrected chi connectivity index (χ0v) is 19.3. The third-order valence-corrected chi connectivity index (χ3v) is 5.97. The third-order valence-electron chi connectivity index (χ3n) is 5.97. The minimum Gasteiger partial charge on any atom is -0.484 e. The van der Waals surface area contributed by atoms with Gasteiger partial charge in [-0.05, 0) is 30.7 Å². The van der Waals surface area contributed by atoms with Gasteiger partial charge in [-0.3, -0.25) is 4.79 Å². The van der Waals surface area contributed by atoms with Crippen LogP contribution in [-0.4, -0.2) is 63.3 Å². The van der Waals surface area contributed by atoms with Gasteiger partial charge in [-0.15, -0.1) is 0 Å². The molecular formula is C26H28N6O2. The number of carbonyl (C=O) groups excluding carboxylic acids is 1. The standard InChI is InChI=1S/C26H28N6O2/c1-2-9-23-28-25(22-18-27-32(26(22)29-23)20-10-5-3-6-11-20)31-16-14-30(15-17-31)24(33)19-34-21-12-7-4-8-13-21/h3-8,10-13,18H,2,9,14-17,19H2,1H3. The van der Waals surface area contributed by atoms with Crippen LogP contribution in [0.25, 0.3) is 16.7 Å². The lowest BCUT2D eigenvalue weighted by Crippen LogP contribution is -2.50. The maximum Gasteiger partial charge on any atom is 0.260 e. The van der Waals surface area contributed by atoms with Crippen molar-refractivity contribution in [1.82, 2.24) is 24.6 Å². The van der Waals surface area contributed by atoms with Crippen molar-refractivity contribution in [2.75, 3.05) is 37.7 Å². The largest absolute Gasteiger partial charge is 0.484 e. The summed E-state index contributed by atoms with van der Waals surface area (Å²) in [4.78, 5) is 26.5. The molecule has 2 aromatic heterocycles. The number of anilines is 1. The molecule has 8 heteroatoms. The second-order valence-electron chi connectivity index (χ2n) is 8.31. The highest BCUT2D eigenvalue weighted by molar-refractivity contribution is 5.88. The maximum atomic E-state index is 12.7. The number of piperazine rings is 1. The molecule has 174 valence electrons. The quantitative estimate of drug-likeness (QED) is 0.424. The van der Waals surface area contributed by atoms with Gasteiger partial charge < -0.3 is 14.5 Å². The van der Waals surface area contributed by atoms with Crippen LogP contribution >= 0.6 is 0 Å². The number of fused-ring (bicyclic) bond motifs is 1. The first-order chi connectivity index (χ1) is 16.7. The third kappa shape index (κ3) is 4.57. The number of para-hydroxylation sites is 2.